The summed E-state index contributed by atoms with van der Waals surface area (Å²) in [6.07, 6.45) is 4.63. The summed E-state index contributed by atoms with van der Waals surface area (Å²) in [6, 6.07) is 20.1. The maximum atomic E-state index is 14.1. The summed E-state index contributed by atoms with van der Waals surface area (Å²) >= 11 is 0. The molecule has 0 heterocycles. The lowest BCUT2D eigenvalue weighted by molar-refractivity contribution is 0.166. The number of hydrogen-bond donors (Lipinski definition) is 1. The van der Waals surface area contributed by atoms with Crippen LogP contribution in [0.15, 0.2) is 60.7 Å². The van der Waals surface area contributed by atoms with Gasteiger partial charge in [0.1, 0.15) is 0 Å². The van der Waals surface area contributed by atoms with Crippen LogP contribution in [0.2, 0.25) is 0 Å². The number of nitrogens with one attached hydrogen (secondary N) is 1. The minimum atomic E-state index is -2.80. The van der Waals surface area contributed by atoms with Gasteiger partial charge in [-0.15, -0.1) is 0 Å². The average Bonchev–Trinajstić information content (AvgIpc) is 2.63. The summed E-state index contributed by atoms with van der Waals surface area (Å²) < 4.78 is 14.1. The third-order valence-corrected chi connectivity index (χ3v) is 8.34. The van der Waals surface area contributed by atoms with E-state index in [9.17, 15) is 4.57 Å². The van der Waals surface area contributed by atoms with Crippen LogP contribution in [-0.4, -0.2) is 6.04 Å². The van der Waals surface area contributed by atoms with Gasteiger partial charge in [-0.25, -0.2) is 0 Å². The van der Waals surface area contributed by atoms with E-state index in [2.05, 4.69) is 25.9 Å². The molecule has 0 saturated heterocycles. The first kappa shape index (κ1) is 18.4. The molecule has 1 aliphatic carbocycles. The second-order valence-electron chi connectivity index (χ2n) is 8.32. The molecule has 134 valence electrons. The summed E-state index contributed by atoms with van der Waals surface area (Å²) in [5.41, 5.74) is 0.369. The molecule has 0 amide bonds. The Morgan fingerprint density at radius 2 is 1.24 bits per heavy atom. The average molecular weight is 355 g/mol. The molecule has 0 spiro atoms. The van der Waals surface area contributed by atoms with Crippen molar-refractivity contribution in [3.05, 3.63) is 60.7 Å². The highest BCUT2D eigenvalue weighted by molar-refractivity contribution is 7.76. The van der Waals surface area contributed by atoms with Crippen molar-refractivity contribution in [1.82, 2.24) is 5.09 Å². The monoisotopic (exact) mass is 355 g/mol. The Balaban J connectivity index is 1.82. The topological polar surface area (TPSA) is 29.1 Å². The second-order valence-corrected chi connectivity index (χ2v) is 10.8. The number of benzene rings is 2. The molecule has 3 heteroatoms. The molecule has 1 fully saturated rings. The Labute approximate surface area is 152 Å². The van der Waals surface area contributed by atoms with Gasteiger partial charge in [-0.1, -0.05) is 57.2 Å². The van der Waals surface area contributed by atoms with Crippen molar-refractivity contribution in [3.63, 3.8) is 0 Å². The quantitative estimate of drug-likeness (QED) is 0.772. The summed E-state index contributed by atoms with van der Waals surface area (Å²) in [7, 11) is -2.80. The molecule has 2 aromatic carbocycles. The molecule has 3 rings (SSSR count). The van der Waals surface area contributed by atoms with Crippen molar-refractivity contribution >= 4 is 17.9 Å². The van der Waals surface area contributed by atoms with Crippen molar-refractivity contribution in [3.8, 4) is 0 Å². The van der Waals surface area contributed by atoms with Gasteiger partial charge in [-0.2, -0.15) is 0 Å². The first-order valence-electron chi connectivity index (χ1n) is 9.39. The Kier molecular flexibility index (Phi) is 5.51. The minimum Gasteiger partial charge on any atom is -0.297 e. The lowest BCUT2D eigenvalue weighted by Crippen LogP contribution is -2.39. The highest BCUT2D eigenvalue weighted by Gasteiger charge is 2.34. The molecule has 2 nitrogen and oxygen atoms in total. The second kappa shape index (κ2) is 7.48. The van der Waals surface area contributed by atoms with Gasteiger partial charge in [-0.05, 0) is 61.3 Å². The fourth-order valence-electron chi connectivity index (χ4n) is 3.92. The van der Waals surface area contributed by atoms with Gasteiger partial charge in [0.05, 0.1) is 0 Å². The van der Waals surface area contributed by atoms with E-state index < -0.39 is 7.29 Å². The van der Waals surface area contributed by atoms with Crippen molar-refractivity contribution in [2.75, 3.05) is 0 Å². The van der Waals surface area contributed by atoms with Crippen molar-refractivity contribution in [2.45, 2.75) is 52.5 Å². The van der Waals surface area contributed by atoms with Crippen LogP contribution in [0.1, 0.15) is 46.5 Å². The minimum absolute atomic E-state index is 0.324. The third-order valence-electron chi connectivity index (χ3n) is 5.56. The van der Waals surface area contributed by atoms with Gasteiger partial charge in [0, 0.05) is 16.7 Å². The Morgan fingerprint density at radius 1 is 0.800 bits per heavy atom. The molecule has 0 atom stereocenters. The van der Waals surface area contributed by atoms with Crippen LogP contribution < -0.4 is 15.7 Å². The number of hydrogen-bond acceptors (Lipinski definition) is 1. The predicted molar refractivity (Wildman–Crippen MR) is 108 cm³/mol. The summed E-state index contributed by atoms with van der Waals surface area (Å²) in [5, 5.41) is 5.40. The largest absolute Gasteiger partial charge is 0.297 e. The van der Waals surface area contributed by atoms with Gasteiger partial charge in [-0.3, -0.25) is 9.65 Å². The lowest BCUT2D eigenvalue weighted by Gasteiger charge is -2.38. The fourth-order valence-corrected chi connectivity index (χ4v) is 6.47. The molecule has 1 N–H and O–H groups in total. The van der Waals surface area contributed by atoms with Gasteiger partial charge < -0.3 is 0 Å². The molecular weight excluding hydrogens is 325 g/mol. The molecule has 0 aliphatic heterocycles. The molecule has 0 bridgehead atoms. The highest BCUT2D eigenvalue weighted by Crippen LogP contribution is 2.43. The van der Waals surface area contributed by atoms with E-state index in [-0.39, 0.29) is 0 Å². The fraction of sp³-hybridized carbons (Fsp3) is 0.455. The van der Waals surface area contributed by atoms with Crippen LogP contribution in [0, 0.1) is 11.3 Å². The van der Waals surface area contributed by atoms with Crippen LogP contribution in [0.5, 0.6) is 0 Å². The Hall–Kier alpha value is -1.37. The normalized spacial score (nSPS) is 21.9. The zero-order chi connectivity index (χ0) is 17.9. The molecule has 25 heavy (non-hydrogen) atoms. The number of rotatable bonds is 4. The van der Waals surface area contributed by atoms with Crippen LogP contribution >= 0.6 is 7.29 Å². The molecular formula is C22H30NOP. The van der Waals surface area contributed by atoms with E-state index in [1.807, 2.05) is 60.7 Å². The molecule has 2 aromatic rings. The molecule has 0 radical (unpaired) electrons. The first-order chi connectivity index (χ1) is 11.9. The standard InChI is InChI=1S/C22H30NOP/c1-22(2,3)18-14-16-19(17-15-18)23-25(24,20-10-6-4-7-11-20)21-12-8-5-9-13-21/h4-13,18-19H,14-17H2,1-3H3,(H,23,24). The predicted octanol–water partition coefficient (Wildman–Crippen LogP) is 5.11. The van der Waals surface area contributed by atoms with E-state index in [0.29, 0.717) is 11.5 Å². The zero-order valence-electron chi connectivity index (χ0n) is 15.6. The Bertz CT molecular complexity index is 669. The van der Waals surface area contributed by atoms with Crippen molar-refractivity contribution in [2.24, 2.45) is 11.3 Å². The summed E-state index contributed by atoms with van der Waals surface area (Å²) in [5.74, 6) is 0.762. The molecule has 0 aromatic heterocycles. The maximum absolute atomic E-state index is 14.1. The smallest absolute Gasteiger partial charge is 0.204 e. The molecule has 0 unspecified atom stereocenters. The third kappa shape index (κ3) is 4.25. The van der Waals surface area contributed by atoms with Gasteiger partial charge in [0.15, 0.2) is 0 Å². The highest BCUT2D eigenvalue weighted by atomic mass is 31.2. The summed E-state index contributed by atoms with van der Waals surface area (Å²) in [6.45, 7) is 7.01. The van der Waals surface area contributed by atoms with Gasteiger partial charge in [0.2, 0.25) is 7.29 Å². The lowest BCUT2D eigenvalue weighted by atomic mass is 9.71. The van der Waals surface area contributed by atoms with Crippen LogP contribution in [0.25, 0.3) is 0 Å². The van der Waals surface area contributed by atoms with Crippen LogP contribution in [0.3, 0.4) is 0 Å². The van der Waals surface area contributed by atoms with Crippen molar-refractivity contribution < 1.29 is 4.57 Å². The van der Waals surface area contributed by atoms with Crippen LogP contribution in [-0.2, 0) is 4.57 Å². The van der Waals surface area contributed by atoms with E-state index >= 15 is 0 Å². The van der Waals surface area contributed by atoms with Gasteiger partial charge in [0.25, 0.3) is 0 Å². The van der Waals surface area contributed by atoms with Gasteiger partial charge >= 0.3 is 0 Å². The van der Waals surface area contributed by atoms with E-state index in [1.165, 1.54) is 12.8 Å². The molecule has 1 saturated carbocycles. The maximum Gasteiger partial charge on any atom is 0.204 e. The summed E-state index contributed by atoms with van der Waals surface area (Å²) in [4.78, 5) is 0. The first-order valence-corrected chi connectivity index (χ1v) is 11.1. The van der Waals surface area contributed by atoms with Crippen LogP contribution in [0.4, 0.5) is 0 Å². The van der Waals surface area contributed by atoms with E-state index in [1.54, 1.807) is 0 Å². The van der Waals surface area contributed by atoms with E-state index in [0.717, 1.165) is 29.4 Å². The van der Waals surface area contributed by atoms with Crippen molar-refractivity contribution in [1.29, 1.82) is 0 Å². The van der Waals surface area contributed by atoms with E-state index in [4.69, 9.17) is 0 Å². The Morgan fingerprint density at radius 3 is 1.64 bits per heavy atom. The zero-order valence-corrected chi connectivity index (χ0v) is 16.5. The molecule has 1 aliphatic rings. The SMILES string of the molecule is CC(C)(C)C1CCC(NP(=O)(c2ccccc2)c2ccccc2)CC1.